The van der Waals surface area contributed by atoms with Crippen LogP contribution in [0, 0.1) is 11.8 Å². The molecule has 0 aliphatic rings. The number of amides is 2. The van der Waals surface area contributed by atoms with Crippen molar-refractivity contribution in [3.8, 4) is 0 Å². The molecule has 0 bridgehead atoms. The summed E-state index contributed by atoms with van der Waals surface area (Å²) in [5.74, 6) is 1.85. The Morgan fingerprint density at radius 3 is 2.00 bits per heavy atom. The molecule has 8 nitrogen and oxygen atoms in total. The van der Waals surface area contributed by atoms with Crippen molar-refractivity contribution >= 4 is 34.5 Å². The average Bonchev–Trinajstić information content (AvgIpc) is 3.28. The molecule has 218 valence electrons. The second-order valence-corrected chi connectivity index (χ2v) is 11.3. The molecule has 3 rings (SSSR count). The molecule has 8 heteroatoms. The highest BCUT2D eigenvalue weighted by Gasteiger charge is 2.20. The molecule has 0 radical (unpaired) electrons. The Labute approximate surface area is 239 Å². The van der Waals surface area contributed by atoms with Crippen molar-refractivity contribution < 1.29 is 9.59 Å². The first-order valence-corrected chi connectivity index (χ1v) is 14.8. The van der Waals surface area contributed by atoms with E-state index in [1.54, 1.807) is 4.90 Å². The predicted octanol–water partition coefficient (Wildman–Crippen LogP) is 6.15. The number of carbonyl (C=O) groups is 2. The van der Waals surface area contributed by atoms with Crippen LogP contribution in [0.4, 0.5) is 11.6 Å². The van der Waals surface area contributed by atoms with Gasteiger partial charge in [-0.3, -0.25) is 9.59 Å². The number of fused-ring (bicyclic) bond motifs is 1. The van der Waals surface area contributed by atoms with Crippen molar-refractivity contribution in [2.75, 3.05) is 38.0 Å². The van der Waals surface area contributed by atoms with Crippen molar-refractivity contribution in [1.29, 1.82) is 0 Å². The molecule has 0 unspecified atom stereocenters. The van der Waals surface area contributed by atoms with E-state index in [2.05, 4.69) is 37.6 Å². The fraction of sp³-hybridized carbons (Fsp3) is 0.531. The molecule has 40 heavy (non-hydrogen) atoms. The molecular weight excluding hydrogens is 500 g/mol. The lowest BCUT2D eigenvalue weighted by Gasteiger charge is -2.24. The highest BCUT2D eigenvalue weighted by Crippen LogP contribution is 2.26. The van der Waals surface area contributed by atoms with Gasteiger partial charge in [-0.05, 0) is 94.0 Å². The lowest BCUT2D eigenvalue weighted by molar-refractivity contribution is 0.0739. The summed E-state index contributed by atoms with van der Waals surface area (Å²) >= 11 is 0. The zero-order valence-corrected chi connectivity index (χ0v) is 25.2. The quantitative estimate of drug-likeness (QED) is 0.238. The summed E-state index contributed by atoms with van der Waals surface area (Å²) in [6.45, 7) is 16.8. The van der Waals surface area contributed by atoms with Crippen molar-refractivity contribution in [2.24, 2.45) is 17.6 Å². The standard InChI is InChI=1S/C32H48N6O2/c1-7-36(8-2)30(39)25-10-13-27(14-11-25)34-32-35-28-15-12-26(22-29(28)38(32)19-9-18-33)31(40)37(20-16-23(3)4)21-17-24(5)6/h10-15,22-24H,7-9,16-21,33H2,1-6H3,(H,34,35). The summed E-state index contributed by atoms with van der Waals surface area (Å²) in [5, 5.41) is 3.42. The average molecular weight is 549 g/mol. The van der Waals surface area contributed by atoms with E-state index >= 15 is 0 Å². The smallest absolute Gasteiger partial charge is 0.253 e. The van der Waals surface area contributed by atoms with Crippen LogP contribution in [0.2, 0.25) is 0 Å². The molecule has 2 amide bonds. The van der Waals surface area contributed by atoms with Crippen molar-refractivity contribution in [2.45, 2.75) is 67.3 Å². The zero-order chi connectivity index (χ0) is 29.2. The number of nitrogens with zero attached hydrogens (tertiary/aromatic N) is 4. The number of hydrogen-bond donors (Lipinski definition) is 2. The van der Waals surface area contributed by atoms with Crippen LogP contribution in [0.3, 0.4) is 0 Å². The Balaban J connectivity index is 1.90. The van der Waals surface area contributed by atoms with Gasteiger partial charge in [0.25, 0.3) is 11.8 Å². The molecule has 0 saturated carbocycles. The van der Waals surface area contributed by atoms with E-state index in [0.29, 0.717) is 55.1 Å². The van der Waals surface area contributed by atoms with Crippen LogP contribution in [0.15, 0.2) is 42.5 Å². The Morgan fingerprint density at radius 2 is 1.45 bits per heavy atom. The van der Waals surface area contributed by atoms with Gasteiger partial charge in [0.05, 0.1) is 11.0 Å². The molecule has 1 aromatic heterocycles. The molecule has 1 heterocycles. The maximum absolute atomic E-state index is 13.6. The third-order valence-corrected chi connectivity index (χ3v) is 7.26. The van der Waals surface area contributed by atoms with Gasteiger partial charge in [0.2, 0.25) is 5.95 Å². The van der Waals surface area contributed by atoms with Gasteiger partial charge in [-0.2, -0.15) is 0 Å². The number of aryl methyl sites for hydroxylation is 1. The minimum absolute atomic E-state index is 0.0276. The summed E-state index contributed by atoms with van der Waals surface area (Å²) in [6, 6.07) is 13.3. The fourth-order valence-corrected chi connectivity index (χ4v) is 4.67. The Hall–Kier alpha value is -3.39. The van der Waals surface area contributed by atoms with Crippen LogP contribution in [-0.2, 0) is 6.54 Å². The van der Waals surface area contributed by atoms with Gasteiger partial charge in [-0.1, -0.05) is 27.7 Å². The molecule has 3 N–H and O–H groups in total. The first-order valence-electron chi connectivity index (χ1n) is 14.8. The molecule has 0 saturated heterocycles. The Morgan fingerprint density at radius 1 is 0.875 bits per heavy atom. The number of carbonyl (C=O) groups excluding carboxylic acids is 2. The number of anilines is 2. The largest absolute Gasteiger partial charge is 0.339 e. The van der Waals surface area contributed by atoms with E-state index in [-0.39, 0.29) is 11.8 Å². The van der Waals surface area contributed by atoms with Gasteiger partial charge >= 0.3 is 0 Å². The van der Waals surface area contributed by atoms with Crippen LogP contribution in [0.25, 0.3) is 11.0 Å². The maximum Gasteiger partial charge on any atom is 0.253 e. The molecule has 2 aromatic carbocycles. The van der Waals surface area contributed by atoms with Gasteiger partial charge < -0.3 is 25.4 Å². The minimum Gasteiger partial charge on any atom is -0.339 e. The van der Waals surface area contributed by atoms with E-state index < -0.39 is 0 Å². The summed E-state index contributed by atoms with van der Waals surface area (Å²) in [6.07, 6.45) is 2.74. The molecular formula is C32H48N6O2. The first kappa shape index (κ1) is 31.1. The topological polar surface area (TPSA) is 96.5 Å². The van der Waals surface area contributed by atoms with Gasteiger partial charge in [0.1, 0.15) is 0 Å². The van der Waals surface area contributed by atoms with Crippen molar-refractivity contribution in [1.82, 2.24) is 19.4 Å². The van der Waals surface area contributed by atoms with Gasteiger partial charge in [0, 0.05) is 49.5 Å². The monoisotopic (exact) mass is 548 g/mol. The molecule has 0 spiro atoms. The Kier molecular flexibility index (Phi) is 11.6. The Bertz CT molecular complexity index is 1230. The SMILES string of the molecule is CCN(CC)C(=O)c1ccc(Nc2nc3ccc(C(=O)N(CCC(C)C)CCC(C)C)cc3n2CCCN)cc1. The van der Waals surface area contributed by atoms with E-state index in [1.807, 2.05) is 61.2 Å². The third-order valence-electron chi connectivity index (χ3n) is 7.26. The zero-order valence-electron chi connectivity index (χ0n) is 25.2. The van der Waals surface area contributed by atoms with E-state index in [1.165, 1.54) is 0 Å². The van der Waals surface area contributed by atoms with E-state index in [4.69, 9.17) is 10.7 Å². The number of rotatable bonds is 15. The number of hydrogen-bond acceptors (Lipinski definition) is 5. The molecule has 0 atom stereocenters. The summed E-state index contributed by atoms with van der Waals surface area (Å²) in [7, 11) is 0. The minimum atomic E-state index is 0.0276. The summed E-state index contributed by atoms with van der Waals surface area (Å²) in [5.41, 5.74) is 9.77. The second kappa shape index (κ2) is 14.8. The van der Waals surface area contributed by atoms with E-state index in [0.717, 1.165) is 49.1 Å². The molecule has 0 aliphatic heterocycles. The van der Waals surface area contributed by atoms with Crippen LogP contribution in [0.5, 0.6) is 0 Å². The number of imidazole rings is 1. The van der Waals surface area contributed by atoms with Gasteiger partial charge in [-0.15, -0.1) is 0 Å². The van der Waals surface area contributed by atoms with Gasteiger partial charge in [0.15, 0.2) is 0 Å². The number of aromatic nitrogens is 2. The lowest BCUT2D eigenvalue weighted by atomic mass is 10.1. The molecule has 3 aromatic rings. The van der Waals surface area contributed by atoms with Crippen LogP contribution in [-0.4, -0.2) is 63.9 Å². The van der Waals surface area contributed by atoms with Crippen LogP contribution in [0.1, 0.15) is 81.5 Å². The van der Waals surface area contributed by atoms with Crippen molar-refractivity contribution in [3.05, 3.63) is 53.6 Å². The molecule has 0 aliphatic carbocycles. The summed E-state index contributed by atoms with van der Waals surface area (Å²) < 4.78 is 2.10. The third kappa shape index (κ3) is 8.07. The number of benzene rings is 2. The first-order chi connectivity index (χ1) is 19.2. The normalized spacial score (nSPS) is 11.4. The van der Waals surface area contributed by atoms with Crippen molar-refractivity contribution in [3.63, 3.8) is 0 Å². The maximum atomic E-state index is 13.6. The highest BCUT2D eigenvalue weighted by molar-refractivity contribution is 5.98. The van der Waals surface area contributed by atoms with E-state index in [9.17, 15) is 9.59 Å². The van der Waals surface area contributed by atoms with Gasteiger partial charge in [-0.25, -0.2) is 4.98 Å². The predicted molar refractivity (Wildman–Crippen MR) is 165 cm³/mol. The van der Waals surface area contributed by atoms with Crippen LogP contribution < -0.4 is 11.1 Å². The molecule has 0 fully saturated rings. The fourth-order valence-electron chi connectivity index (χ4n) is 4.67. The number of nitrogens with two attached hydrogens (primary N) is 1. The lowest BCUT2D eigenvalue weighted by Crippen LogP contribution is -2.34. The number of nitrogens with one attached hydrogen (secondary N) is 1. The van der Waals surface area contributed by atoms with Crippen LogP contribution >= 0.6 is 0 Å². The summed E-state index contributed by atoms with van der Waals surface area (Å²) in [4.78, 5) is 35.0. The highest BCUT2D eigenvalue weighted by atomic mass is 16.2. The second-order valence-electron chi connectivity index (χ2n) is 11.3.